The number of nitrogens with zero attached hydrogens (tertiary/aromatic N) is 1. The van der Waals surface area contributed by atoms with Gasteiger partial charge in [0.1, 0.15) is 0 Å². The monoisotopic (exact) mass is 220 g/mol. The molecule has 4 heteroatoms. The Morgan fingerprint density at radius 1 is 1.19 bits per heavy atom. The lowest BCUT2D eigenvalue weighted by Crippen LogP contribution is -2.36. The number of benzene rings is 1. The molecule has 0 saturated carbocycles. The molecule has 16 heavy (non-hydrogen) atoms. The van der Waals surface area contributed by atoms with Crippen molar-refractivity contribution in [2.45, 2.75) is 26.7 Å². The van der Waals surface area contributed by atoms with Crippen molar-refractivity contribution in [1.29, 1.82) is 0 Å². The van der Waals surface area contributed by atoms with Crippen LogP contribution in [-0.2, 0) is 9.59 Å². The van der Waals surface area contributed by atoms with Gasteiger partial charge in [-0.15, -0.1) is 0 Å². The Bertz CT molecular complexity index is 386. The van der Waals surface area contributed by atoms with E-state index < -0.39 is 0 Å². The molecule has 0 radical (unpaired) electrons. The lowest BCUT2D eigenvalue weighted by atomic mass is 10.2. The molecule has 1 aromatic rings. The van der Waals surface area contributed by atoms with Gasteiger partial charge in [0.15, 0.2) is 0 Å². The SMILES string of the molecule is CCC(=O)N(C(=O)CC)c1cccc(N)c1. The van der Waals surface area contributed by atoms with Crippen LogP contribution < -0.4 is 10.6 Å². The third-order valence-corrected chi connectivity index (χ3v) is 2.23. The molecular weight excluding hydrogens is 204 g/mol. The average Bonchev–Trinajstić information content (AvgIpc) is 2.29. The highest BCUT2D eigenvalue weighted by molar-refractivity contribution is 6.14. The standard InChI is InChI=1S/C12H16N2O2/c1-3-11(15)14(12(16)4-2)10-7-5-6-9(13)8-10/h5-8H,3-4,13H2,1-2H3. The van der Waals surface area contributed by atoms with Gasteiger partial charge in [-0.2, -0.15) is 0 Å². The molecule has 0 aromatic heterocycles. The van der Waals surface area contributed by atoms with Crippen molar-refractivity contribution in [3.05, 3.63) is 24.3 Å². The lowest BCUT2D eigenvalue weighted by molar-refractivity contribution is -0.126. The van der Waals surface area contributed by atoms with Crippen molar-refractivity contribution in [2.75, 3.05) is 10.6 Å². The predicted molar refractivity (Wildman–Crippen MR) is 63.9 cm³/mol. The number of carbonyl (C=O) groups excluding carboxylic acids is 2. The predicted octanol–water partition coefficient (Wildman–Crippen LogP) is 1.95. The van der Waals surface area contributed by atoms with Gasteiger partial charge in [-0.1, -0.05) is 19.9 Å². The largest absolute Gasteiger partial charge is 0.399 e. The van der Waals surface area contributed by atoms with E-state index in [0.29, 0.717) is 24.2 Å². The third kappa shape index (κ3) is 2.59. The topological polar surface area (TPSA) is 63.4 Å². The van der Waals surface area contributed by atoms with Gasteiger partial charge < -0.3 is 5.73 Å². The number of hydrogen-bond donors (Lipinski definition) is 1. The zero-order valence-corrected chi connectivity index (χ0v) is 9.56. The number of imide groups is 1. The highest BCUT2D eigenvalue weighted by Gasteiger charge is 2.20. The van der Waals surface area contributed by atoms with Crippen LogP contribution in [0.1, 0.15) is 26.7 Å². The van der Waals surface area contributed by atoms with Crippen LogP contribution in [-0.4, -0.2) is 11.8 Å². The molecule has 0 atom stereocenters. The fourth-order valence-electron chi connectivity index (χ4n) is 1.41. The maximum absolute atomic E-state index is 11.7. The van der Waals surface area contributed by atoms with E-state index in [2.05, 4.69) is 0 Å². The normalized spacial score (nSPS) is 9.88. The van der Waals surface area contributed by atoms with Gasteiger partial charge in [0.2, 0.25) is 11.8 Å². The Hall–Kier alpha value is -1.84. The number of nitrogens with two attached hydrogens (primary N) is 1. The number of amides is 2. The van der Waals surface area contributed by atoms with E-state index >= 15 is 0 Å². The minimum absolute atomic E-state index is 0.211. The van der Waals surface area contributed by atoms with E-state index in [-0.39, 0.29) is 11.8 Å². The minimum atomic E-state index is -0.211. The number of rotatable bonds is 3. The molecule has 0 spiro atoms. The van der Waals surface area contributed by atoms with Crippen molar-refractivity contribution in [1.82, 2.24) is 0 Å². The molecule has 2 N–H and O–H groups in total. The summed E-state index contributed by atoms with van der Waals surface area (Å²) in [6, 6.07) is 6.77. The van der Waals surface area contributed by atoms with Crippen molar-refractivity contribution in [2.24, 2.45) is 0 Å². The van der Waals surface area contributed by atoms with Crippen LogP contribution in [0.25, 0.3) is 0 Å². The van der Waals surface area contributed by atoms with Crippen LogP contribution in [0.15, 0.2) is 24.3 Å². The molecule has 0 aliphatic heterocycles. The molecule has 0 unspecified atom stereocenters. The average molecular weight is 220 g/mol. The van der Waals surface area contributed by atoms with Crippen LogP contribution in [0.4, 0.5) is 11.4 Å². The van der Waals surface area contributed by atoms with E-state index in [0.717, 1.165) is 0 Å². The number of nitrogen functional groups attached to an aromatic ring is 1. The van der Waals surface area contributed by atoms with Gasteiger partial charge in [0.05, 0.1) is 5.69 Å². The first-order chi connectivity index (χ1) is 7.60. The second kappa shape index (κ2) is 5.30. The Labute approximate surface area is 95.0 Å². The zero-order valence-electron chi connectivity index (χ0n) is 9.56. The van der Waals surface area contributed by atoms with Crippen molar-refractivity contribution < 1.29 is 9.59 Å². The highest BCUT2D eigenvalue weighted by atomic mass is 16.2. The summed E-state index contributed by atoms with van der Waals surface area (Å²) >= 11 is 0. The molecular formula is C12H16N2O2. The molecule has 4 nitrogen and oxygen atoms in total. The molecule has 1 rings (SSSR count). The van der Waals surface area contributed by atoms with Gasteiger partial charge in [0.25, 0.3) is 0 Å². The molecule has 0 saturated heterocycles. The van der Waals surface area contributed by atoms with Gasteiger partial charge in [-0.25, -0.2) is 0 Å². The minimum Gasteiger partial charge on any atom is -0.399 e. The summed E-state index contributed by atoms with van der Waals surface area (Å²) in [5, 5.41) is 0. The lowest BCUT2D eigenvalue weighted by Gasteiger charge is -2.20. The van der Waals surface area contributed by atoms with E-state index in [4.69, 9.17) is 5.73 Å². The summed E-state index contributed by atoms with van der Waals surface area (Å²) in [5.74, 6) is -0.421. The first kappa shape index (κ1) is 12.2. The maximum Gasteiger partial charge on any atom is 0.233 e. The van der Waals surface area contributed by atoms with Crippen LogP contribution in [0.2, 0.25) is 0 Å². The summed E-state index contributed by atoms with van der Waals surface area (Å²) < 4.78 is 0. The molecule has 0 bridgehead atoms. The fraction of sp³-hybridized carbons (Fsp3) is 0.333. The second-order valence-electron chi connectivity index (χ2n) is 3.42. The van der Waals surface area contributed by atoms with Crippen LogP contribution in [0, 0.1) is 0 Å². The molecule has 0 aliphatic carbocycles. The maximum atomic E-state index is 11.7. The van der Waals surface area contributed by atoms with Crippen LogP contribution in [0.5, 0.6) is 0 Å². The summed E-state index contributed by atoms with van der Waals surface area (Å²) in [6.45, 7) is 3.45. The van der Waals surface area contributed by atoms with Crippen LogP contribution >= 0.6 is 0 Å². The molecule has 0 heterocycles. The Balaban J connectivity index is 3.10. The third-order valence-electron chi connectivity index (χ3n) is 2.23. The fourth-order valence-corrected chi connectivity index (χ4v) is 1.41. The Kier molecular flexibility index (Phi) is 4.05. The summed E-state index contributed by atoms with van der Waals surface area (Å²) in [7, 11) is 0. The van der Waals surface area contributed by atoms with Crippen molar-refractivity contribution in [3.63, 3.8) is 0 Å². The smallest absolute Gasteiger partial charge is 0.233 e. The van der Waals surface area contributed by atoms with Crippen LogP contribution in [0.3, 0.4) is 0 Å². The van der Waals surface area contributed by atoms with E-state index in [9.17, 15) is 9.59 Å². The Morgan fingerprint density at radius 3 is 2.19 bits per heavy atom. The van der Waals surface area contributed by atoms with Gasteiger partial charge in [-0.3, -0.25) is 14.5 Å². The summed E-state index contributed by atoms with van der Waals surface area (Å²) in [5.41, 5.74) is 6.71. The van der Waals surface area contributed by atoms with Gasteiger partial charge >= 0.3 is 0 Å². The van der Waals surface area contributed by atoms with E-state index in [1.165, 1.54) is 4.90 Å². The quantitative estimate of drug-likeness (QED) is 0.792. The van der Waals surface area contributed by atoms with Crippen molar-refractivity contribution in [3.8, 4) is 0 Å². The zero-order chi connectivity index (χ0) is 12.1. The summed E-state index contributed by atoms with van der Waals surface area (Å²) in [6.07, 6.45) is 0.584. The number of carbonyl (C=O) groups is 2. The molecule has 1 aromatic carbocycles. The first-order valence-electron chi connectivity index (χ1n) is 5.31. The van der Waals surface area contributed by atoms with Crippen molar-refractivity contribution >= 4 is 23.2 Å². The molecule has 0 fully saturated rings. The summed E-state index contributed by atoms with van der Waals surface area (Å²) in [4.78, 5) is 24.6. The highest BCUT2D eigenvalue weighted by Crippen LogP contribution is 2.19. The molecule has 0 aliphatic rings. The Morgan fingerprint density at radius 2 is 1.75 bits per heavy atom. The number of anilines is 2. The van der Waals surface area contributed by atoms with E-state index in [1.54, 1.807) is 38.1 Å². The number of hydrogen-bond acceptors (Lipinski definition) is 3. The van der Waals surface area contributed by atoms with E-state index in [1.807, 2.05) is 0 Å². The molecule has 2 amide bonds. The first-order valence-corrected chi connectivity index (χ1v) is 5.31. The second-order valence-corrected chi connectivity index (χ2v) is 3.42. The van der Waals surface area contributed by atoms with Gasteiger partial charge in [-0.05, 0) is 18.2 Å². The molecule has 86 valence electrons. The van der Waals surface area contributed by atoms with Gasteiger partial charge in [0, 0.05) is 18.5 Å².